The van der Waals surface area contributed by atoms with E-state index < -0.39 is 5.97 Å². The van der Waals surface area contributed by atoms with Gasteiger partial charge in [0.1, 0.15) is 17.4 Å². The molecule has 0 saturated carbocycles. The van der Waals surface area contributed by atoms with Gasteiger partial charge >= 0.3 is 5.97 Å². The Labute approximate surface area is 81.4 Å². The topological polar surface area (TPSA) is 70.3 Å². The van der Waals surface area contributed by atoms with E-state index in [0.717, 1.165) is 0 Å². The van der Waals surface area contributed by atoms with Crippen LogP contribution in [-0.4, -0.2) is 18.2 Å². The number of esters is 1. The van der Waals surface area contributed by atoms with Crippen LogP contribution in [0, 0.1) is 18.3 Å². The molecule has 0 saturated heterocycles. The van der Waals surface area contributed by atoms with Crippen molar-refractivity contribution in [3.05, 3.63) is 28.8 Å². The second-order valence-corrected chi connectivity index (χ2v) is 2.75. The minimum Gasteiger partial charge on any atom is -0.507 e. The Morgan fingerprint density at radius 1 is 1.57 bits per heavy atom. The summed E-state index contributed by atoms with van der Waals surface area (Å²) < 4.78 is 4.46. The predicted octanol–water partition coefficient (Wildman–Crippen LogP) is 1.36. The maximum Gasteiger partial charge on any atom is 0.343 e. The number of phenols is 1. The number of aromatic hydroxyl groups is 1. The summed E-state index contributed by atoms with van der Waals surface area (Å²) in [6.45, 7) is 1.68. The molecule has 1 aromatic rings. The third-order valence-corrected chi connectivity index (χ3v) is 1.89. The molecule has 14 heavy (non-hydrogen) atoms. The number of methoxy groups -OCH3 is 1. The van der Waals surface area contributed by atoms with Crippen molar-refractivity contribution in [1.29, 1.82) is 5.26 Å². The number of hydrogen-bond donors (Lipinski definition) is 1. The van der Waals surface area contributed by atoms with Gasteiger partial charge < -0.3 is 9.84 Å². The molecule has 0 atom stereocenters. The summed E-state index contributed by atoms with van der Waals surface area (Å²) in [7, 11) is 1.20. The van der Waals surface area contributed by atoms with Gasteiger partial charge in [0, 0.05) is 0 Å². The van der Waals surface area contributed by atoms with Crippen molar-refractivity contribution in [2.24, 2.45) is 0 Å². The van der Waals surface area contributed by atoms with Gasteiger partial charge in [0.15, 0.2) is 0 Å². The molecule has 1 N–H and O–H groups in total. The molecule has 0 amide bonds. The molecule has 72 valence electrons. The molecular weight excluding hydrogens is 182 g/mol. The van der Waals surface area contributed by atoms with E-state index in [9.17, 15) is 9.90 Å². The van der Waals surface area contributed by atoms with Gasteiger partial charge in [0.25, 0.3) is 0 Å². The standard InChI is InChI=1S/C10H9NO3/c1-6-3-4-8(12)9(7(6)5-11)10(13)14-2/h3-4,12H,1-2H3. The average molecular weight is 191 g/mol. The first kappa shape index (κ1) is 10.1. The number of ether oxygens (including phenoxy) is 1. The maximum atomic E-state index is 11.2. The highest BCUT2D eigenvalue weighted by molar-refractivity contribution is 5.95. The number of hydrogen-bond acceptors (Lipinski definition) is 4. The van der Waals surface area contributed by atoms with E-state index in [1.165, 1.54) is 13.2 Å². The molecule has 0 bridgehead atoms. The van der Waals surface area contributed by atoms with E-state index in [2.05, 4.69) is 4.74 Å². The van der Waals surface area contributed by atoms with E-state index in [4.69, 9.17) is 5.26 Å². The summed E-state index contributed by atoms with van der Waals surface area (Å²) in [5, 5.41) is 18.2. The van der Waals surface area contributed by atoms with Crippen LogP contribution in [0.5, 0.6) is 5.75 Å². The Morgan fingerprint density at radius 2 is 2.21 bits per heavy atom. The number of aryl methyl sites for hydroxylation is 1. The molecule has 4 heteroatoms. The van der Waals surface area contributed by atoms with Crippen molar-refractivity contribution in [2.75, 3.05) is 7.11 Å². The fraction of sp³-hybridized carbons (Fsp3) is 0.200. The quantitative estimate of drug-likeness (QED) is 0.680. The SMILES string of the molecule is COC(=O)c1c(O)ccc(C)c1C#N. The first-order valence-electron chi connectivity index (χ1n) is 3.92. The largest absolute Gasteiger partial charge is 0.507 e. The average Bonchev–Trinajstić information content (AvgIpc) is 2.19. The fourth-order valence-electron chi connectivity index (χ4n) is 1.15. The van der Waals surface area contributed by atoms with Crippen molar-refractivity contribution in [2.45, 2.75) is 6.92 Å². The van der Waals surface area contributed by atoms with Crippen molar-refractivity contribution >= 4 is 5.97 Å². The molecule has 0 aliphatic rings. The monoisotopic (exact) mass is 191 g/mol. The predicted molar refractivity (Wildman–Crippen MR) is 48.9 cm³/mol. The van der Waals surface area contributed by atoms with Gasteiger partial charge in [-0.2, -0.15) is 5.26 Å². The zero-order valence-corrected chi connectivity index (χ0v) is 7.87. The smallest absolute Gasteiger partial charge is 0.343 e. The van der Waals surface area contributed by atoms with Crippen LogP contribution in [0.3, 0.4) is 0 Å². The number of phenolic OH excluding ortho intramolecular Hbond substituents is 1. The lowest BCUT2D eigenvalue weighted by Crippen LogP contribution is -2.05. The van der Waals surface area contributed by atoms with Gasteiger partial charge in [0.05, 0.1) is 12.7 Å². The summed E-state index contributed by atoms with van der Waals surface area (Å²) in [5.74, 6) is -0.943. The van der Waals surface area contributed by atoms with Crippen LogP contribution in [-0.2, 0) is 4.74 Å². The zero-order chi connectivity index (χ0) is 10.7. The third-order valence-electron chi connectivity index (χ3n) is 1.89. The minimum absolute atomic E-state index is 0.0741. The van der Waals surface area contributed by atoms with E-state index >= 15 is 0 Å². The van der Waals surface area contributed by atoms with E-state index in [0.29, 0.717) is 5.56 Å². The number of nitrogens with zero attached hydrogens (tertiary/aromatic N) is 1. The van der Waals surface area contributed by atoms with Crippen molar-refractivity contribution < 1.29 is 14.6 Å². The van der Waals surface area contributed by atoms with Crippen LogP contribution in [0.4, 0.5) is 0 Å². The van der Waals surface area contributed by atoms with Crippen LogP contribution < -0.4 is 0 Å². The summed E-state index contributed by atoms with van der Waals surface area (Å²) >= 11 is 0. The molecule has 4 nitrogen and oxygen atoms in total. The Hall–Kier alpha value is -2.02. The van der Waals surface area contributed by atoms with Gasteiger partial charge in [0.2, 0.25) is 0 Å². The minimum atomic E-state index is -0.706. The fourth-order valence-corrected chi connectivity index (χ4v) is 1.15. The Bertz CT molecular complexity index is 418. The van der Waals surface area contributed by atoms with E-state index in [1.54, 1.807) is 13.0 Å². The lowest BCUT2D eigenvalue weighted by Gasteiger charge is -2.06. The molecule has 0 aromatic heterocycles. The van der Waals surface area contributed by atoms with Crippen LogP contribution in [0.1, 0.15) is 21.5 Å². The van der Waals surface area contributed by atoms with Crippen LogP contribution in [0.25, 0.3) is 0 Å². The number of carbonyl (C=O) groups excluding carboxylic acids is 1. The number of carbonyl (C=O) groups is 1. The van der Waals surface area contributed by atoms with E-state index in [-0.39, 0.29) is 16.9 Å². The Morgan fingerprint density at radius 3 is 2.71 bits per heavy atom. The molecule has 0 unspecified atom stereocenters. The highest BCUT2D eigenvalue weighted by Crippen LogP contribution is 2.24. The Kier molecular flexibility index (Phi) is 2.73. The van der Waals surface area contributed by atoms with Gasteiger partial charge in [-0.3, -0.25) is 0 Å². The van der Waals surface area contributed by atoms with Gasteiger partial charge in [-0.1, -0.05) is 6.07 Å². The Balaban J connectivity index is 3.47. The molecule has 0 radical (unpaired) electrons. The van der Waals surface area contributed by atoms with Crippen LogP contribution in [0.2, 0.25) is 0 Å². The highest BCUT2D eigenvalue weighted by atomic mass is 16.5. The van der Waals surface area contributed by atoms with Crippen LogP contribution in [0.15, 0.2) is 12.1 Å². The van der Waals surface area contributed by atoms with Gasteiger partial charge in [-0.05, 0) is 18.6 Å². The highest BCUT2D eigenvalue weighted by Gasteiger charge is 2.18. The lowest BCUT2D eigenvalue weighted by atomic mass is 10.0. The zero-order valence-electron chi connectivity index (χ0n) is 7.87. The third kappa shape index (κ3) is 1.52. The van der Waals surface area contributed by atoms with Gasteiger partial charge in [-0.15, -0.1) is 0 Å². The summed E-state index contributed by atoms with van der Waals surface area (Å²) in [6, 6.07) is 4.79. The van der Waals surface area contributed by atoms with E-state index in [1.807, 2.05) is 6.07 Å². The molecule has 0 aliphatic carbocycles. The van der Waals surface area contributed by atoms with Gasteiger partial charge in [-0.25, -0.2) is 4.79 Å². The number of rotatable bonds is 1. The molecule has 0 heterocycles. The molecule has 1 aromatic carbocycles. The molecule has 0 fully saturated rings. The maximum absolute atomic E-state index is 11.2. The molecule has 0 aliphatic heterocycles. The first-order chi connectivity index (χ1) is 6.61. The first-order valence-corrected chi connectivity index (χ1v) is 3.92. The summed E-state index contributed by atoms with van der Waals surface area (Å²) in [6.07, 6.45) is 0. The molecule has 1 rings (SSSR count). The van der Waals surface area contributed by atoms with Crippen molar-refractivity contribution in [3.63, 3.8) is 0 Å². The van der Waals surface area contributed by atoms with Crippen LogP contribution >= 0.6 is 0 Å². The number of nitriles is 1. The van der Waals surface area contributed by atoms with Crippen molar-refractivity contribution in [1.82, 2.24) is 0 Å². The summed E-state index contributed by atoms with van der Waals surface area (Å²) in [5.41, 5.74) is 0.706. The molecular formula is C10H9NO3. The second kappa shape index (κ2) is 3.79. The molecule has 0 spiro atoms. The number of benzene rings is 1. The normalized spacial score (nSPS) is 9.21. The second-order valence-electron chi connectivity index (χ2n) is 2.75. The van der Waals surface area contributed by atoms with Crippen molar-refractivity contribution in [3.8, 4) is 11.8 Å². The summed E-state index contributed by atoms with van der Waals surface area (Å²) in [4.78, 5) is 11.2. The lowest BCUT2D eigenvalue weighted by molar-refractivity contribution is 0.0597.